The number of ether oxygens (including phenoxy) is 1. The molecule has 0 aromatic heterocycles. The van der Waals surface area contributed by atoms with Crippen LogP contribution in [0, 0.1) is 0 Å². The van der Waals surface area contributed by atoms with Crippen LogP contribution in [-0.4, -0.2) is 45.8 Å². The zero-order valence-corrected chi connectivity index (χ0v) is 13.7. The van der Waals surface area contributed by atoms with Crippen molar-refractivity contribution in [3.8, 4) is 0 Å². The average molecular weight is 276 g/mol. The van der Waals surface area contributed by atoms with Crippen molar-refractivity contribution in [3.63, 3.8) is 0 Å². The molecule has 0 heterocycles. The Kier molecular flexibility index (Phi) is 5.83. The normalized spacial score (nSPS) is 16.2. The number of hydrogen-bond acceptors (Lipinski definition) is 4. The van der Waals surface area contributed by atoms with Crippen LogP contribution in [-0.2, 0) is 9.16 Å². The van der Waals surface area contributed by atoms with E-state index in [2.05, 4.69) is 33.9 Å². The van der Waals surface area contributed by atoms with Gasteiger partial charge in [0.05, 0.1) is 6.10 Å². The second-order valence-electron chi connectivity index (χ2n) is 6.09. The van der Waals surface area contributed by atoms with Gasteiger partial charge in [0.1, 0.15) is 6.09 Å². The van der Waals surface area contributed by atoms with Crippen LogP contribution in [0.25, 0.3) is 0 Å². The molecule has 0 aromatic rings. The van der Waals surface area contributed by atoms with Crippen LogP contribution in [0.5, 0.6) is 0 Å². The van der Waals surface area contributed by atoms with E-state index < -0.39 is 20.6 Å². The van der Waals surface area contributed by atoms with Gasteiger partial charge in [-0.25, -0.2) is 0 Å². The van der Waals surface area contributed by atoms with Crippen LogP contribution >= 0.6 is 0 Å². The number of carbonyl (C=O) groups excluding carboxylic acids is 1. The Labute approximate surface area is 111 Å². The molecule has 0 aromatic carbocycles. The fourth-order valence-electron chi connectivity index (χ4n) is 1.47. The van der Waals surface area contributed by atoms with E-state index in [1.54, 1.807) is 0 Å². The average Bonchev–Trinajstić information content (AvgIpc) is 2.15. The fraction of sp³-hybridized carbons (Fsp3) is 0.917. The van der Waals surface area contributed by atoms with E-state index in [1.807, 2.05) is 6.92 Å². The topological polar surface area (TPSA) is 61.8 Å². The number of methoxy groups -OCH3 is 1. The lowest BCUT2D eigenvalue weighted by Crippen LogP contribution is -2.54. The molecule has 0 saturated heterocycles. The van der Waals surface area contributed by atoms with E-state index in [0.717, 1.165) is 4.90 Å². The summed E-state index contributed by atoms with van der Waals surface area (Å²) < 4.78 is 11.3. The van der Waals surface area contributed by atoms with Gasteiger partial charge < -0.3 is 24.0 Å². The van der Waals surface area contributed by atoms with Crippen molar-refractivity contribution >= 4 is 14.4 Å². The van der Waals surface area contributed by atoms with Crippen molar-refractivity contribution in [3.05, 3.63) is 0 Å². The summed E-state index contributed by atoms with van der Waals surface area (Å²) in [5.41, 5.74) is 0. The van der Waals surface area contributed by atoms with Crippen molar-refractivity contribution in [1.82, 2.24) is 4.90 Å². The third-order valence-corrected chi connectivity index (χ3v) is 8.17. The van der Waals surface area contributed by atoms with Gasteiger partial charge in [0, 0.05) is 14.2 Å². The maximum absolute atomic E-state index is 10.9. The van der Waals surface area contributed by atoms with Gasteiger partial charge in [-0.1, -0.05) is 20.8 Å². The Morgan fingerprint density at radius 3 is 2.06 bits per heavy atom. The first-order valence-corrected chi connectivity index (χ1v) is 8.99. The number of hydrogen-bond donors (Lipinski definition) is 0. The Morgan fingerprint density at radius 1 is 1.33 bits per heavy atom. The number of rotatable bonds is 5. The molecule has 2 unspecified atom stereocenters. The van der Waals surface area contributed by atoms with Gasteiger partial charge in [-0.2, -0.15) is 0 Å². The van der Waals surface area contributed by atoms with Crippen molar-refractivity contribution in [2.45, 2.75) is 58.2 Å². The highest BCUT2D eigenvalue weighted by Crippen LogP contribution is 2.37. The Hall–Kier alpha value is -0.593. The summed E-state index contributed by atoms with van der Waals surface area (Å²) in [6.45, 7) is 12.5. The second kappa shape index (κ2) is 6.03. The largest absolute Gasteiger partial charge is 0.530 e. The minimum Gasteiger partial charge on any atom is -0.530 e. The smallest absolute Gasteiger partial charge is 0.192 e. The fourth-order valence-corrected chi connectivity index (χ4v) is 2.87. The quantitative estimate of drug-likeness (QED) is 0.566. The van der Waals surface area contributed by atoms with Crippen LogP contribution in [0.1, 0.15) is 27.7 Å². The van der Waals surface area contributed by atoms with Gasteiger partial charge >= 0.3 is 0 Å². The molecule has 2 atom stereocenters. The molecule has 0 radical (unpaired) electrons. The van der Waals surface area contributed by atoms with Gasteiger partial charge in [-0.15, -0.1) is 0 Å². The summed E-state index contributed by atoms with van der Waals surface area (Å²) in [7, 11) is 0.946. The van der Waals surface area contributed by atoms with Crippen LogP contribution in [0.15, 0.2) is 0 Å². The van der Waals surface area contributed by atoms with Gasteiger partial charge in [-0.3, -0.25) is 0 Å². The molecule has 6 heteroatoms. The second-order valence-corrected chi connectivity index (χ2v) is 10.8. The predicted molar refractivity (Wildman–Crippen MR) is 71.7 cm³/mol. The molecule has 0 aliphatic heterocycles. The third-order valence-electron chi connectivity index (χ3n) is 3.60. The summed E-state index contributed by atoms with van der Waals surface area (Å²) in [5.74, 6) is 0. The Bertz CT molecular complexity index is 288. The molecule has 0 spiro atoms. The summed E-state index contributed by atoms with van der Waals surface area (Å²) in [6, 6.07) is 0. The first-order valence-electron chi connectivity index (χ1n) is 6.08. The first kappa shape index (κ1) is 17.4. The summed E-state index contributed by atoms with van der Waals surface area (Å²) >= 11 is 0. The first-order chi connectivity index (χ1) is 7.94. The van der Waals surface area contributed by atoms with E-state index in [1.165, 1.54) is 14.2 Å². The van der Waals surface area contributed by atoms with Crippen LogP contribution in [0.4, 0.5) is 4.79 Å². The molecule has 108 valence electrons. The highest BCUT2D eigenvalue weighted by atomic mass is 28.4. The van der Waals surface area contributed by atoms with Crippen molar-refractivity contribution in [2.24, 2.45) is 0 Å². The van der Waals surface area contributed by atoms with Crippen molar-refractivity contribution in [1.29, 1.82) is 0 Å². The number of carbonyl (C=O) groups is 1. The van der Waals surface area contributed by atoms with Gasteiger partial charge in [0.15, 0.2) is 14.5 Å². The number of likely N-dealkylation sites (N-methyl/N-ethyl adjacent to an activating group) is 1. The molecule has 18 heavy (non-hydrogen) atoms. The standard InChI is InChI=1S/C12H27NO4Si/c1-9(10(16-6)13(5)11(14)15)17-18(7,8)12(2,3)4/h9-10H,1-8H3,(H,14,15)/p-1. The minimum atomic E-state index is -1.95. The van der Waals surface area contributed by atoms with E-state index in [9.17, 15) is 9.90 Å². The molecule has 0 N–H and O–H groups in total. The lowest BCUT2D eigenvalue weighted by molar-refractivity contribution is -0.275. The molecule has 0 aliphatic rings. The minimum absolute atomic E-state index is 0.0690. The van der Waals surface area contributed by atoms with Crippen LogP contribution in [0.3, 0.4) is 0 Å². The maximum atomic E-state index is 10.9. The SMILES string of the molecule is COC(C(C)O[Si](C)(C)C(C)(C)C)N(C)C(=O)[O-]. The zero-order chi connectivity index (χ0) is 14.7. The van der Waals surface area contributed by atoms with E-state index in [0.29, 0.717) is 0 Å². The number of amides is 1. The molecule has 0 rings (SSSR count). The number of carboxylic acid groups (broad SMARTS) is 1. The lowest BCUT2D eigenvalue weighted by Gasteiger charge is -2.42. The molecule has 1 amide bonds. The molecule has 0 bridgehead atoms. The van der Waals surface area contributed by atoms with Gasteiger partial charge in [-0.05, 0) is 25.1 Å². The van der Waals surface area contributed by atoms with E-state index in [-0.39, 0.29) is 11.1 Å². The third kappa shape index (κ3) is 4.26. The summed E-state index contributed by atoms with van der Waals surface area (Å²) in [6.07, 6.45) is -2.25. The van der Waals surface area contributed by atoms with Gasteiger partial charge in [0.2, 0.25) is 0 Å². The Morgan fingerprint density at radius 2 is 1.78 bits per heavy atom. The van der Waals surface area contributed by atoms with E-state index >= 15 is 0 Å². The summed E-state index contributed by atoms with van der Waals surface area (Å²) in [5, 5.41) is 10.9. The molecular formula is C12H26NO4Si-. The monoisotopic (exact) mass is 276 g/mol. The lowest BCUT2D eigenvalue weighted by atomic mass is 10.2. The van der Waals surface area contributed by atoms with Crippen LogP contribution in [0.2, 0.25) is 18.1 Å². The molecule has 0 aliphatic carbocycles. The summed E-state index contributed by atoms with van der Waals surface area (Å²) in [4.78, 5) is 11.9. The van der Waals surface area contributed by atoms with Crippen molar-refractivity contribution < 1.29 is 19.1 Å². The van der Waals surface area contributed by atoms with Crippen LogP contribution < -0.4 is 5.11 Å². The van der Waals surface area contributed by atoms with Gasteiger partial charge in [0.25, 0.3) is 0 Å². The van der Waals surface area contributed by atoms with E-state index in [4.69, 9.17) is 9.16 Å². The number of nitrogens with zero attached hydrogens (tertiary/aromatic N) is 1. The molecule has 0 saturated carbocycles. The zero-order valence-electron chi connectivity index (χ0n) is 12.7. The molecular weight excluding hydrogens is 250 g/mol. The Balaban J connectivity index is 4.83. The highest BCUT2D eigenvalue weighted by molar-refractivity contribution is 6.74. The highest BCUT2D eigenvalue weighted by Gasteiger charge is 2.40. The molecule has 5 nitrogen and oxygen atoms in total. The molecule has 0 fully saturated rings. The predicted octanol–water partition coefficient (Wildman–Crippen LogP) is 1.64. The maximum Gasteiger partial charge on any atom is 0.192 e. The van der Waals surface area contributed by atoms with Crippen molar-refractivity contribution in [2.75, 3.05) is 14.2 Å².